The van der Waals surface area contributed by atoms with E-state index in [4.69, 9.17) is 5.73 Å². The molecular weight excluding hydrogens is 308 g/mol. The molecule has 0 aliphatic carbocycles. The second kappa shape index (κ2) is 5.53. The van der Waals surface area contributed by atoms with E-state index in [0.29, 0.717) is 23.5 Å². The first kappa shape index (κ1) is 15.0. The Balaban J connectivity index is 1.59. The van der Waals surface area contributed by atoms with Crippen molar-refractivity contribution in [2.24, 2.45) is 0 Å². The number of nitrogens with one attached hydrogen (secondary N) is 1. The van der Waals surface area contributed by atoms with Gasteiger partial charge in [0.15, 0.2) is 11.5 Å². The van der Waals surface area contributed by atoms with E-state index < -0.39 is 5.60 Å². The summed E-state index contributed by atoms with van der Waals surface area (Å²) in [6, 6.07) is -0.116. The van der Waals surface area contributed by atoms with Crippen LogP contribution in [0.4, 0.5) is 5.82 Å². The van der Waals surface area contributed by atoms with Crippen LogP contribution in [0.25, 0.3) is 11.2 Å². The smallest absolute Gasteiger partial charge is 0.165 e. The van der Waals surface area contributed by atoms with Gasteiger partial charge >= 0.3 is 0 Å². The summed E-state index contributed by atoms with van der Waals surface area (Å²) in [7, 11) is 0. The predicted octanol–water partition coefficient (Wildman–Crippen LogP) is 0.330. The van der Waals surface area contributed by atoms with Gasteiger partial charge in [0, 0.05) is 31.5 Å². The van der Waals surface area contributed by atoms with Crippen molar-refractivity contribution in [2.45, 2.75) is 31.5 Å². The van der Waals surface area contributed by atoms with Crippen molar-refractivity contribution in [2.75, 3.05) is 18.8 Å². The maximum atomic E-state index is 11.0. The van der Waals surface area contributed by atoms with Crippen LogP contribution in [0.5, 0.6) is 0 Å². The average molecular weight is 328 g/mol. The number of anilines is 1. The lowest BCUT2D eigenvalue weighted by Gasteiger charge is -2.43. The Morgan fingerprint density at radius 3 is 3.04 bits per heavy atom. The number of nitrogens with zero attached hydrogens (tertiary/aromatic N) is 6. The summed E-state index contributed by atoms with van der Waals surface area (Å²) in [6.07, 6.45) is 7.39. The molecule has 0 bridgehead atoms. The molecule has 3 aromatic heterocycles. The van der Waals surface area contributed by atoms with Crippen LogP contribution in [0.2, 0.25) is 0 Å². The summed E-state index contributed by atoms with van der Waals surface area (Å²) < 4.78 is 1.92. The monoisotopic (exact) mass is 328 g/mol. The molecule has 0 aromatic carbocycles. The number of aromatic amines is 1. The third-order valence-electron chi connectivity index (χ3n) is 4.65. The average Bonchev–Trinajstić information content (AvgIpc) is 3.17. The molecule has 9 nitrogen and oxygen atoms in total. The number of aliphatic hydroxyl groups is 1. The number of fused-ring (bicyclic) bond motifs is 1. The maximum Gasteiger partial charge on any atom is 0.165 e. The number of nitrogen functional groups attached to an aromatic ring is 1. The van der Waals surface area contributed by atoms with Crippen LogP contribution in [0.3, 0.4) is 0 Å². The molecule has 0 amide bonds. The number of piperidine rings is 1. The number of rotatable bonds is 3. The number of imidazole rings is 2. The van der Waals surface area contributed by atoms with E-state index in [1.54, 1.807) is 12.7 Å². The van der Waals surface area contributed by atoms with Crippen LogP contribution in [0.1, 0.15) is 25.1 Å². The lowest BCUT2D eigenvalue weighted by atomic mass is 9.88. The Hall–Kier alpha value is -2.52. The van der Waals surface area contributed by atoms with Crippen molar-refractivity contribution in [1.82, 2.24) is 34.4 Å². The Kier molecular flexibility index (Phi) is 3.47. The van der Waals surface area contributed by atoms with Crippen molar-refractivity contribution in [1.29, 1.82) is 0 Å². The number of aromatic nitrogens is 6. The fourth-order valence-electron chi connectivity index (χ4n) is 3.54. The highest BCUT2D eigenvalue weighted by atomic mass is 16.3. The quantitative estimate of drug-likeness (QED) is 0.633. The fraction of sp³-hybridized carbons (Fsp3) is 0.467. The maximum absolute atomic E-state index is 11.0. The minimum Gasteiger partial charge on any atom is -0.387 e. The van der Waals surface area contributed by atoms with Gasteiger partial charge in [-0.1, -0.05) is 0 Å². The molecule has 1 aliphatic rings. The van der Waals surface area contributed by atoms with Crippen LogP contribution in [0.15, 0.2) is 25.2 Å². The molecule has 0 unspecified atom stereocenters. The fourth-order valence-corrected chi connectivity index (χ4v) is 3.54. The summed E-state index contributed by atoms with van der Waals surface area (Å²) in [4.78, 5) is 21.9. The Morgan fingerprint density at radius 1 is 1.42 bits per heavy atom. The molecule has 1 fully saturated rings. The molecule has 9 heteroatoms. The van der Waals surface area contributed by atoms with Gasteiger partial charge in [-0.3, -0.25) is 4.90 Å². The van der Waals surface area contributed by atoms with E-state index in [-0.39, 0.29) is 6.04 Å². The van der Waals surface area contributed by atoms with Gasteiger partial charge in [-0.05, 0) is 13.3 Å². The first-order valence-electron chi connectivity index (χ1n) is 7.89. The zero-order valence-electron chi connectivity index (χ0n) is 13.4. The third-order valence-corrected chi connectivity index (χ3v) is 4.65. The molecule has 0 saturated carbocycles. The zero-order valence-corrected chi connectivity index (χ0v) is 13.4. The van der Waals surface area contributed by atoms with Crippen molar-refractivity contribution in [3.05, 3.63) is 30.9 Å². The van der Waals surface area contributed by atoms with Crippen molar-refractivity contribution < 1.29 is 5.11 Å². The van der Waals surface area contributed by atoms with Gasteiger partial charge in [0.2, 0.25) is 0 Å². The summed E-state index contributed by atoms with van der Waals surface area (Å²) in [5.41, 5.74) is 7.22. The van der Waals surface area contributed by atoms with E-state index >= 15 is 0 Å². The molecule has 24 heavy (non-hydrogen) atoms. The SMILES string of the molecule is C[C@@]1(O)CN(Cc2cnc[nH]2)CC[C@H]1n1cnc2c(N)ncnc21. The highest BCUT2D eigenvalue weighted by Gasteiger charge is 2.40. The topological polar surface area (TPSA) is 122 Å². The third kappa shape index (κ3) is 2.51. The number of likely N-dealkylation sites (tertiary alicyclic amines) is 1. The second-order valence-corrected chi connectivity index (χ2v) is 6.53. The lowest BCUT2D eigenvalue weighted by Crippen LogP contribution is -2.52. The van der Waals surface area contributed by atoms with Gasteiger partial charge in [0.1, 0.15) is 11.8 Å². The molecule has 4 rings (SSSR count). The molecule has 1 aliphatic heterocycles. The van der Waals surface area contributed by atoms with E-state index in [0.717, 1.165) is 25.2 Å². The van der Waals surface area contributed by atoms with Crippen molar-refractivity contribution in [3.8, 4) is 0 Å². The van der Waals surface area contributed by atoms with E-state index in [1.807, 2.05) is 17.7 Å². The largest absolute Gasteiger partial charge is 0.387 e. The Bertz CT molecular complexity index is 840. The van der Waals surface area contributed by atoms with Gasteiger partial charge in [-0.25, -0.2) is 19.9 Å². The van der Waals surface area contributed by atoms with Crippen LogP contribution in [0, 0.1) is 0 Å². The van der Waals surface area contributed by atoms with E-state index in [9.17, 15) is 5.11 Å². The molecule has 1 saturated heterocycles. The standard InChI is InChI=1S/C15H20N8O/c1-15(24)6-22(5-10-4-17-7-18-10)3-2-11(15)23-9-21-12-13(16)19-8-20-14(12)23/h4,7-9,11,24H,2-3,5-6H2,1H3,(H,17,18)(H2,16,19,20)/t11-,15-/m1/s1. The van der Waals surface area contributed by atoms with Crippen molar-refractivity contribution in [3.63, 3.8) is 0 Å². The molecule has 4 N–H and O–H groups in total. The van der Waals surface area contributed by atoms with Gasteiger partial charge < -0.3 is 20.4 Å². The van der Waals surface area contributed by atoms with Crippen LogP contribution >= 0.6 is 0 Å². The highest BCUT2D eigenvalue weighted by Crippen LogP contribution is 2.34. The summed E-state index contributed by atoms with van der Waals surface area (Å²) in [6.45, 7) is 4.01. The number of hydrogen-bond donors (Lipinski definition) is 3. The summed E-state index contributed by atoms with van der Waals surface area (Å²) >= 11 is 0. The predicted molar refractivity (Wildman–Crippen MR) is 87.9 cm³/mol. The van der Waals surface area contributed by atoms with Gasteiger partial charge in [-0.2, -0.15) is 0 Å². The van der Waals surface area contributed by atoms with Gasteiger partial charge in [-0.15, -0.1) is 0 Å². The van der Waals surface area contributed by atoms with Crippen LogP contribution in [-0.2, 0) is 6.54 Å². The highest BCUT2D eigenvalue weighted by molar-refractivity contribution is 5.81. The number of hydrogen-bond acceptors (Lipinski definition) is 7. The minimum absolute atomic E-state index is 0.116. The summed E-state index contributed by atoms with van der Waals surface area (Å²) in [5, 5.41) is 11.0. The van der Waals surface area contributed by atoms with E-state index in [1.165, 1.54) is 6.33 Å². The van der Waals surface area contributed by atoms with Crippen LogP contribution < -0.4 is 5.73 Å². The molecular formula is C15H20N8O. The zero-order chi connectivity index (χ0) is 16.7. The lowest BCUT2D eigenvalue weighted by molar-refractivity contribution is -0.0581. The minimum atomic E-state index is -0.911. The molecule has 0 radical (unpaired) electrons. The first-order valence-corrected chi connectivity index (χ1v) is 7.89. The molecule has 2 atom stereocenters. The van der Waals surface area contributed by atoms with Gasteiger partial charge in [0.25, 0.3) is 0 Å². The number of H-pyrrole nitrogens is 1. The second-order valence-electron chi connectivity index (χ2n) is 6.53. The summed E-state index contributed by atoms with van der Waals surface area (Å²) in [5.74, 6) is 0.357. The molecule has 4 heterocycles. The van der Waals surface area contributed by atoms with Crippen molar-refractivity contribution >= 4 is 17.0 Å². The Labute approximate surface area is 138 Å². The van der Waals surface area contributed by atoms with Gasteiger partial charge in [0.05, 0.1) is 24.3 Å². The molecule has 126 valence electrons. The Morgan fingerprint density at radius 2 is 2.29 bits per heavy atom. The van der Waals surface area contributed by atoms with E-state index in [2.05, 4.69) is 29.8 Å². The first-order chi connectivity index (χ1) is 11.5. The van der Waals surface area contributed by atoms with Crippen LogP contribution in [-0.4, -0.2) is 58.2 Å². The normalized spacial score (nSPS) is 25.3. The molecule has 3 aromatic rings. The number of β-amino-alcohol motifs (C(OH)–C–C–N with tert-alkyl or cyclic N) is 1. The number of nitrogens with two attached hydrogens (primary N) is 1. The molecule has 0 spiro atoms.